The molecule has 124 valence electrons. The highest BCUT2D eigenvalue weighted by atomic mass is 32.2. The third kappa shape index (κ3) is 4.23. The lowest BCUT2D eigenvalue weighted by Gasteiger charge is -2.23. The van der Waals surface area contributed by atoms with E-state index in [-0.39, 0.29) is 24.1 Å². The number of rotatable bonds is 6. The maximum atomic E-state index is 13.6. The van der Waals surface area contributed by atoms with E-state index in [0.29, 0.717) is 24.2 Å². The average molecular weight is 338 g/mol. The number of nitrogens with zero attached hydrogens (tertiary/aromatic N) is 1. The zero-order valence-corrected chi connectivity index (χ0v) is 13.5. The van der Waals surface area contributed by atoms with E-state index in [1.54, 1.807) is 12.1 Å². The van der Waals surface area contributed by atoms with Crippen LogP contribution in [0.25, 0.3) is 0 Å². The molecule has 1 saturated carbocycles. The van der Waals surface area contributed by atoms with Crippen molar-refractivity contribution in [2.75, 3.05) is 30.2 Å². The van der Waals surface area contributed by atoms with Crippen molar-refractivity contribution in [1.29, 1.82) is 0 Å². The summed E-state index contributed by atoms with van der Waals surface area (Å²) in [6.07, 6.45) is 2.34. The van der Waals surface area contributed by atoms with E-state index in [9.17, 15) is 14.0 Å². The van der Waals surface area contributed by atoms with Gasteiger partial charge in [-0.05, 0) is 30.9 Å². The summed E-state index contributed by atoms with van der Waals surface area (Å²) in [5, 5.41) is 2.56. The van der Waals surface area contributed by atoms with Crippen LogP contribution in [0.1, 0.15) is 12.8 Å². The van der Waals surface area contributed by atoms with E-state index < -0.39 is 11.9 Å². The number of hydrogen-bond donors (Lipinski definition) is 1. The van der Waals surface area contributed by atoms with Crippen LogP contribution in [0.5, 0.6) is 0 Å². The normalized spacial score (nSPS) is 20.6. The molecule has 1 aliphatic heterocycles. The number of carbonyl (C=O) groups is 2. The quantitative estimate of drug-likeness (QED) is 0.863. The Morgan fingerprint density at radius 3 is 2.87 bits per heavy atom. The molecule has 0 bridgehead atoms. The molecular formula is C16H19FN2O3S. The van der Waals surface area contributed by atoms with Crippen molar-refractivity contribution in [2.24, 2.45) is 5.92 Å². The molecule has 1 atom stereocenters. The molecule has 5 nitrogen and oxygen atoms in total. The average Bonchev–Trinajstić information content (AvgIpc) is 3.22. The monoisotopic (exact) mass is 338 g/mol. The number of benzene rings is 1. The van der Waals surface area contributed by atoms with E-state index >= 15 is 0 Å². The van der Waals surface area contributed by atoms with Gasteiger partial charge in [0.25, 0.3) is 0 Å². The van der Waals surface area contributed by atoms with Crippen LogP contribution < -0.4 is 5.32 Å². The number of thioether (sulfide) groups is 1. The first-order valence-electron chi connectivity index (χ1n) is 7.65. The molecule has 0 radical (unpaired) electrons. The Bertz CT molecular complexity index is 594. The summed E-state index contributed by atoms with van der Waals surface area (Å²) in [7, 11) is 0. The minimum Gasteiger partial charge on any atom is -0.371 e. The Morgan fingerprint density at radius 1 is 1.35 bits per heavy atom. The maximum absolute atomic E-state index is 13.6. The fourth-order valence-corrected chi connectivity index (χ4v) is 3.55. The van der Waals surface area contributed by atoms with Gasteiger partial charge in [0.15, 0.2) is 0 Å². The molecule has 1 aliphatic carbocycles. The van der Waals surface area contributed by atoms with Gasteiger partial charge >= 0.3 is 0 Å². The SMILES string of the molecule is O=C(Nc1ccccc1F)[C@H]1CSCN1C(=O)COCC1CC1. The maximum Gasteiger partial charge on any atom is 0.249 e. The Balaban J connectivity index is 1.55. The first-order chi connectivity index (χ1) is 11.1. The van der Waals surface area contributed by atoms with E-state index in [1.807, 2.05) is 0 Å². The molecule has 1 heterocycles. The van der Waals surface area contributed by atoms with Gasteiger partial charge in [0.05, 0.1) is 18.2 Å². The molecule has 1 aromatic rings. The second-order valence-corrected chi connectivity index (χ2v) is 6.81. The second kappa shape index (κ2) is 7.31. The standard InChI is InChI=1S/C16H19FN2O3S/c17-12-3-1-2-4-13(12)18-16(21)14-9-23-10-19(14)15(20)8-22-7-11-5-6-11/h1-4,11,14H,5-10H2,(H,18,21)/t14-/m1/s1. The molecule has 0 spiro atoms. The van der Waals surface area contributed by atoms with Crippen LogP contribution >= 0.6 is 11.8 Å². The molecule has 1 aromatic carbocycles. The smallest absolute Gasteiger partial charge is 0.249 e. The van der Waals surface area contributed by atoms with Crippen LogP contribution in [0.4, 0.5) is 10.1 Å². The van der Waals surface area contributed by atoms with Crippen molar-refractivity contribution in [3.8, 4) is 0 Å². The van der Waals surface area contributed by atoms with E-state index in [2.05, 4.69) is 5.32 Å². The van der Waals surface area contributed by atoms with E-state index in [1.165, 1.54) is 41.6 Å². The van der Waals surface area contributed by atoms with Gasteiger partial charge in [0.2, 0.25) is 11.8 Å². The summed E-state index contributed by atoms with van der Waals surface area (Å²) in [5.41, 5.74) is 0.131. The number of anilines is 1. The molecule has 3 rings (SSSR count). The first kappa shape index (κ1) is 16.3. The highest BCUT2D eigenvalue weighted by Gasteiger charge is 2.35. The van der Waals surface area contributed by atoms with Gasteiger partial charge in [-0.15, -0.1) is 11.8 Å². The summed E-state index contributed by atoms with van der Waals surface area (Å²) in [4.78, 5) is 26.1. The highest BCUT2D eigenvalue weighted by molar-refractivity contribution is 7.99. The Hall–Kier alpha value is -1.60. The van der Waals surface area contributed by atoms with Crippen LogP contribution in [0.3, 0.4) is 0 Å². The lowest BCUT2D eigenvalue weighted by Crippen LogP contribution is -2.46. The summed E-state index contributed by atoms with van der Waals surface area (Å²) >= 11 is 1.51. The predicted molar refractivity (Wildman–Crippen MR) is 86.5 cm³/mol. The van der Waals surface area contributed by atoms with Crippen molar-refractivity contribution < 1.29 is 18.7 Å². The number of carbonyl (C=O) groups excluding carboxylic acids is 2. The van der Waals surface area contributed by atoms with Crippen molar-refractivity contribution in [3.63, 3.8) is 0 Å². The van der Waals surface area contributed by atoms with Gasteiger partial charge in [0, 0.05) is 5.75 Å². The van der Waals surface area contributed by atoms with Crippen molar-refractivity contribution in [1.82, 2.24) is 4.90 Å². The van der Waals surface area contributed by atoms with Crippen LogP contribution in [-0.4, -0.2) is 47.6 Å². The zero-order valence-electron chi connectivity index (χ0n) is 12.7. The summed E-state index contributed by atoms with van der Waals surface area (Å²) in [5.74, 6) is 0.517. The Kier molecular flexibility index (Phi) is 5.17. The molecule has 1 saturated heterocycles. The van der Waals surface area contributed by atoms with Crippen LogP contribution in [0.2, 0.25) is 0 Å². The molecule has 7 heteroatoms. The van der Waals surface area contributed by atoms with E-state index in [0.717, 1.165) is 0 Å². The van der Waals surface area contributed by atoms with Crippen molar-refractivity contribution in [3.05, 3.63) is 30.1 Å². The van der Waals surface area contributed by atoms with E-state index in [4.69, 9.17) is 4.74 Å². The molecule has 0 unspecified atom stereocenters. The predicted octanol–water partition coefficient (Wildman–Crippen LogP) is 2.09. The number of amides is 2. The minimum atomic E-state index is -0.586. The first-order valence-corrected chi connectivity index (χ1v) is 8.81. The second-order valence-electron chi connectivity index (χ2n) is 5.81. The van der Waals surface area contributed by atoms with Crippen LogP contribution in [-0.2, 0) is 14.3 Å². The Morgan fingerprint density at radius 2 is 2.13 bits per heavy atom. The third-order valence-electron chi connectivity index (χ3n) is 3.91. The van der Waals surface area contributed by atoms with Crippen molar-refractivity contribution >= 4 is 29.3 Å². The zero-order chi connectivity index (χ0) is 16.2. The molecule has 2 fully saturated rings. The van der Waals surface area contributed by atoms with Gasteiger partial charge in [-0.2, -0.15) is 0 Å². The topological polar surface area (TPSA) is 58.6 Å². The van der Waals surface area contributed by atoms with Gasteiger partial charge in [0.1, 0.15) is 18.5 Å². The molecule has 2 aliphatic rings. The van der Waals surface area contributed by atoms with Crippen molar-refractivity contribution in [2.45, 2.75) is 18.9 Å². The lowest BCUT2D eigenvalue weighted by molar-refractivity contribution is -0.140. The van der Waals surface area contributed by atoms with Crippen LogP contribution in [0, 0.1) is 11.7 Å². The number of hydrogen-bond acceptors (Lipinski definition) is 4. The van der Waals surface area contributed by atoms with Gasteiger partial charge in [-0.1, -0.05) is 12.1 Å². The highest BCUT2D eigenvalue weighted by Crippen LogP contribution is 2.29. The lowest BCUT2D eigenvalue weighted by atomic mass is 10.2. The van der Waals surface area contributed by atoms with Gasteiger partial charge in [-0.3, -0.25) is 9.59 Å². The molecular weight excluding hydrogens is 319 g/mol. The number of halogens is 1. The fourth-order valence-electron chi connectivity index (χ4n) is 2.36. The number of para-hydroxylation sites is 1. The van der Waals surface area contributed by atoms with Gasteiger partial charge in [-0.25, -0.2) is 4.39 Å². The summed E-state index contributed by atoms with van der Waals surface area (Å²) in [6, 6.07) is 5.41. The number of nitrogens with one attached hydrogen (secondary N) is 1. The van der Waals surface area contributed by atoms with Gasteiger partial charge < -0.3 is 15.0 Å². The summed E-state index contributed by atoms with van der Waals surface area (Å²) < 4.78 is 19.0. The molecule has 2 amide bonds. The minimum absolute atomic E-state index is 0.000534. The van der Waals surface area contributed by atoms with Crippen LogP contribution in [0.15, 0.2) is 24.3 Å². The summed E-state index contributed by atoms with van der Waals surface area (Å²) in [6.45, 7) is 0.610. The number of ether oxygens (including phenoxy) is 1. The molecule has 0 aromatic heterocycles. The third-order valence-corrected chi connectivity index (χ3v) is 4.93. The molecule has 23 heavy (non-hydrogen) atoms. The Labute approximate surface area is 138 Å². The largest absolute Gasteiger partial charge is 0.371 e. The molecule has 1 N–H and O–H groups in total. The fraction of sp³-hybridized carbons (Fsp3) is 0.500.